The third-order valence-electron chi connectivity index (χ3n) is 20.9. The molecule has 4 saturated heterocycles. The van der Waals surface area contributed by atoms with Crippen LogP contribution >= 0.6 is 74.5 Å². The van der Waals surface area contributed by atoms with Crippen LogP contribution in [0.1, 0.15) is 102 Å². The van der Waals surface area contributed by atoms with Crippen LogP contribution < -0.4 is 56.0 Å². The van der Waals surface area contributed by atoms with Gasteiger partial charge in [0.2, 0.25) is 5.91 Å². The first-order valence-corrected chi connectivity index (χ1v) is 53.3. The number of rotatable bonds is 46. The second-order valence-corrected chi connectivity index (χ2v) is 42.7. The number of phosphoric ester groups is 4. The quantitative estimate of drug-likeness (QED) is 0.00466. The summed E-state index contributed by atoms with van der Waals surface area (Å²) in [5.41, 5.74) is 46.7. The number of aryl methyl sites for hydroxylation is 1. The van der Waals surface area contributed by atoms with E-state index in [0.29, 0.717) is 28.9 Å². The monoisotopic (exact) mass is 2130 g/mol. The molecular formula is C74H100N26O33P4S4. The van der Waals surface area contributed by atoms with Crippen molar-refractivity contribution >= 4 is 161 Å². The minimum absolute atomic E-state index is 0.00151. The van der Waals surface area contributed by atoms with Gasteiger partial charge in [0, 0.05) is 76.4 Å². The smallest absolute Gasteiger partial charge is 0.455 e. The molecule has 4 aliphatic rings. The van der Waals surface area contributed by atoms with Gasteiger partial charge in [0.1, 0.15) is 121 Å². The van der Waals surface area contributed by atoms with Gasteiger partial charge in [-0.15, -0.1) is 0 Å². The van der Waals surface area contributed by atoms with Gasteiger partial charge in [0.15, 0.2) is 47.6 Å². The summed E-state index contributed by atoms with van der Waals surface area (Å²) in [4.78, 5) is 189. The number of hydrogen-bond acceptors (Lipinski definition) is 46. The SMILES string of the molecule is CSS[C@@H](CC[C@H](N)C(=O)O[C@H]1[C@@H](O)[C@H](n2cnc3c(N)ncnc32)O[C@@H]1COP(=O)(O)O[C@H]1C[C@H](n2ccc(N)nc2=O)O[C@@H]1COP(=O)(O)O)CNC(=O)OCc1ccccc1N=[N+]=[N-].CSS[C@@H](CC[C@H](NC(=O)OC(C)(C)C)C(=O)O[C@H]1[C@@H](O)[C@H](n2cnc3c(N)ncnc32)O[C@@H]1COP(=O)(O)O[C@H]1C[C@H](n2ccc(N)nc2=O)O[C@@H]1COP(=O)(O)O)CNC(=O)CCc1ccccc1N=[N+]=[N-]. The number of azide groups is 2. The molecule has 10 heterocycles. The van der Waals surface area contributed by atoms with Crippen LogP contribution in [0, 0.1) is 0 Å². The van der Waals surface area contributed by atoms with E-state index in [0.717, 1.165) is 21.8 Å². The highest BCUT2D eigenvalue weighted by molar-refractivity contribution is 8.77. The van der Waals surface area contributed by atoms with Gasteiger partial charge >= 0.3 is 66.8 Å². The third-order valence-corrected chi connectivity index (χ3v) is 28.4. The minimum atomic E-state index is -5.30. The van der Waals surface area contributed by atoms with Crippen molar-refractivity contribution in [2.45, 2.75) is 193 Å². The Morgan fingerprint density at radius 2 is 1.02 bits per heavy atom. The Labute approximate surface area is 813 Å². The number of hydrogen-bond donors (Lipinski definition) is 16. The van der Waals surface area contributed by atoms with Gasteiger partial charge < -0.3 is 122 Å². The van der Waals surface area contributed by atoms with E-state index in [2.05, 4.69) is 84.9 Å². The lowest BCUT2D eigenvalue weighted by molar-refractivity contribution is -0.159. The predicted molar refractivity (Wildman–Crippen MR) is 499 cm³/mol. The molecule has 0 radical (unpaired) electrons. The molecule has 141 heavy (non-hydrogen) atoms. The van der Waals surface area contributed by atoms with Crippen LogP contribution in [0.2, 0.25) is 0 Å². The number of ether oxygens (including phenoxy) is 8. The summed E-state index contributed by atoms with van der Waals surface area (Å²) in [5, 5.41) is 38.2. The zero-order chi connectivity index (χ0) is 102. The number of esters is 2. The van der Waals surface area contributed by atoms with Crippen molar-refractivity contribution in [3.05, 3.63) is 151 Å². The lowest BCUT2D eigenvalue weighted by atomic mass is 10.1. The molecule has 4 aliphatic heterocycles. The van der Waals surface area contributed by atoms with Gasteiger partial charge in [0.05, 0.1) is 39.1 Å². The molecule has 21 N–H and O–H groups in total. The number of anilines is 4. The number of aromatic nitrogens is 12. The summed E-state index contributed by atoms with van der Waals surface area (Å²) in [7, 11) is -15.1. The van der Waals surface area contributed by atoms with E-state index in [1.165, 1.54) is 89.5 Å². The van der Waals surface area contributed by atoms with Gasteiger partial charge in [-0.05, 0) is 99.7 Å². The summed E-state index contributed by atoms with van der Waals surface area (Å²) in [6, 6.07) is 13.2. The number of aliphatic hydroxyl groups is 2. The molecule has 768 valence electrons. The first-order valence-electron chi connectivity index (χ1n) is 42.0. The van der Waals surface area contributed by atoms with Crippen LogP contribution in [0.4, 0.5) is 44.2 Å². The first-order chi connectivity index (χ1) is 66.8. The summed E-state index contributed by atoms with van der Waals surface area (Å²) >= 11 is 0. The normalized spacial score (nSPS) is 23.0. The average molecular weight is 2130 g/mol. The first kappa shape index (κ1) is 111. The summed E-state index contributed by atoms with van der Waals surface area (Å²) in [6.07, 6.45) is -12.2. The molecule has 20 atom stereocenters. The Bertz CT molecular complexity index is 6140. The van der Waals surface area contributed by atoms with Gasteiger partial charge in [-0.1, -0.05) is 102 Å². The molecule has 4 fully saturated rings. The number of amides is 3. The van der Waals surface area contributed by atoms with E-state index >= 15 is 0 Å². The number of alkyl carbamates (subject to hydrolysis) is 2. The molecule has 8 aromatic rings. The molecule has 3 amide bonds. The Kier molecular flexibility index (Phi) is 39.5. The van der Waals surface area contributed by atoms with Crippen LogP contribution in [0.3, 0.4) is 0 Å². The number of benzene rings is 2. The van der Waals surface area contributed by atoms with Crippen molar-refractivity contribution in [3.8, 4) is 0 Å². The number of nitrogens with one attached hydrogen (secondary N) is 3. The molecule has 2 aromatic carbocycles. The van der Waals surface area contributed by atoms with Crippen molar-refractivity contribution in [1.82, 2.24) is 74.1 Å². The number of nitrogens with zero attached hydrogens (tertiary/aromatic N) is 18. The van der Waals surface area contributed by atoms with Gasteiger partial charge in [-0.25, -0.2) is 72.1 Å². The second-order valence-electron chi connectivity index (χ2n) is 31.9. The van der Waals surface area contributed by atoms with E-state index in [9.17, 15) is 91.4 Å². The molecule has 0 saturated carbocycles. The highest BCUT2D eigenvalue weighted by Crippen LogP contribution is 2.53. The zero-order valence-corrected chi connectivity index (χ0v) is 81.7. The number of nitrogens with two attached hydrogens (primary N) is 5. The molecular weight excluding hydrogens is 2030 g/mol. The molecule has 2 unspecified atom stereocenters. The fourth-order valence-electron chi connectivity index (χ4n) is 14.4. The molecule has 12 rings (SSSR count). The van der Waals surface area contributed by atoms with Gasteiger partial charge in [0.25, 0.3) is 0 Å². The lowest BCUT2D eigenvalue weighted by Crippen LogP contribution is -2.48. The zero-order valence-electron chi connectivity index (χ0n) is 74.9. The summed E-state index contributed by atoms with van der Waals surface area (Å²) in [6.45, 7) is 1.34. The fraction of sp³-hybridized carbons (Fsp3) is 0.527. The van der Waals surface area contributed by atoms with Crippen LogP contribution in [-0.4, -0.2) is 269 Å². The molecule has 0 spiro atoms. The largest absolute Gasteiger partial charge is 0.472 e. The van der Waals surface area contributed by atoms with Crippen molar-refractivity contribution < 1.29 is 147 Å². The average Bonchev–Trinajstić information content (AvgIpc) is 1.62. The maximum Gasteiger partial charge on any atom is 0.472 e. The standard InChI is InChI=1S/C40H55N13O17P2S2.C34H45N13O16P2S2/c1-40(2,3)69-39(58)48-24(11-10-22(74-73-4)16-44-29(54)12-9-21-7-5-6-8-23(21)50-51-43)37(56)68-33-27(67-36(32(33)55)53-20-47-31-34(42)45-19-46-35(31)53)18-65-72(62,63)70-25-15-30(52-14-13-28(41)49-38(52)57)66-26(25)17-64-71(59,60)61;1-66-67-18(11-39-34(51)57-12-17-4-2-3-5-20(17)44-45-38)6-7-19(35)32(49)62-28-23(61-31(27(28)48)47-16-42-26-29(37)40-15-41-30(26)47)14-59-65(55,56)63-21-10-25(46-9-8-24(36)43-33(46)50)60-22(21)13-58-64(52,53)54/h5-8,13-14,19-20,22,24-27,30,32-33,36,55H,9-12,15-18H2,1-4H3,(H,44,54)(H,48,58)(H,62,63)(H2,41,49,57)(H2,42,45,46)(H2,59,60,61);2-5,8-9,15-16,18-19,21-23,25,27-28,31,48H,6-7,10-14,35H2,1H3,(H,39,51)(H,55,56)(H2,36,43,50)(H2,37,40,41)(H2,52,53,54)/t22-,24-,25-,26+,27+,30+,32+,33+,36+;18-,19-,21-,22+,23+,25+,27+,28+,31+/m00/s1. The van der Waals surface area contributed by atoms with E-state index < -0.39 is 197 Å². The third kappa shape index (κ3) is 32.1. The van der Waals surface area contributed by atoms with Crippen molar-refractivity contribution in [1.29, 1.82) is 0 Å². The van der Waals surface area contributed by atoms with E-state index in [1.807, 2.05) is 12.5 Å². The second kappa shape index (κ2) is 50.2. The highest BCUT2D eigenvalue weighted by atomic mass is 33.1. The van der Waals surface area contributed by atoms with Crippen LogP contribution in [-0.2, 0) is 111 Å². The number of nitrogen functional groups attached to an aromatic ring is 4. The van der Waals surface area contributed by atoms with Crippen molar-refractivity contribution in [2.75, 3.05) is 75.0 Å². The fourth-order valence-corrected chi connectivity index (χ4v) is 21.0. The number of phosphoric acid groups is 4. The molecule has 0 aliphatic carbocycles. The van der Waals surface area contributed by atoms with Crippen molar-refractivity contribution in [2.24, 2.45) is 16.0 Å². The Morgan fingerprint density at radius 3 is 1.48 bits per heavy atom. The number of aliphatic hydroxyl groups excluding tert-OH is 2. The number of fused-ring (bicyclic) bond motifs is 2. The Balaban J connectivity index is 0.000000271. The Morgan fingerprint density at radius 1 is 0.574 bits per heavy atom. The maximum absolute atomic E-state index is 14.3. The summed E-state index contributed by atoms with van der Waals surface area (Å²) < 4.78 is 131. The predicted octanol–water partition coefficient (Wildman–Crippen LogP) is 4.73. The van der Waals surface area contributed by atoms with Gasteiger partial charge in [-0.3, -0.25) is 55.0 Å². The number of carbonyl (C=O) groups is 5. The Hall–Kier alpha value is -10.4. The number of carbonyl (C=O) groups excluding carboxylic acids is 5. The van der Waals surface area contributed by atoms with Gasteiger partial charge in [-0.2, -0.15) is 9.97 Å². The lowest BCUT2D eigenvalue weighted by Gasteiger charge is -2.27. The van der Waals surface area contributed by atoms with E-state index in [-0.39, 0.29) is 127 Å². The highest BCUT2D eigenvalue weighted by Gasteiger charge is 2.53. The summed E-state index contributed by atoms with van der Waals surface area (Å²) in [5.74, 6) is -2.66. The topological polar surface area (TPSA) is 865 Å². The van der Waals surface area contributed by atoms with Crippen LogP contribution in [0.5, 0.6) is 0 Å². The molecule has 0 bridgehead atoms. The van der Waals surface area contributed by atoms with Crippen LogP contribution in [0.25, 0.3) is 43.2 Å². The van der Waals surface area contributed by atoms with E-state index in [4.69, 9.17) is 95.7 Å². The van der Waals surface area contributed by atoms with E-state index in [1.54, 1.807) is 69.3 Å². The minimum Gasteiger partial charge on any atom is -0.455 e. The van der Waals surface area contributed by atoms with Crippen LogP contribution in [0.15, 0.2) is 118 Å². The van der Waals surface area contributed by atoms with Crippen molar-refractivity contribution in [3.63, 3.8) is 0 Å². The maximum atomic E-state index is 14.3. The molecule has 67 heteroatoms. The molecule has 59 nitrogen and oxygen atoms in total. The number of imidazole rings is 2. The molecule has 6 aromatic heterocycles.